The Morgan fingerprint density at radius 1 is 1.50 bits per heavy atom. The number of nitrogens with zero attached hydrogens (tertiary/aromatic N) is 3. The number of carbonyl (C=O) groups excluding carboxylic acids is 1. The smallest absolute Gasteiger partial charge is 0.222 e. The lowest BCUT2D eigenvalue weighted by Gasteiger charge is -2.05. The lowest BCUT2D eigenvalue weighted by atomic mass is 10.2. The van der Waals surface area contributed by atoms with E-state index in [0.717, 1.165) is 11.3 Å². The normalized spacial score (nSPS) is 10.1. The van der Waals surface area contributed by atoms with Gasteiger partial charge in [-0.3, -0.25) is 4.79 Å². The summed E-state index contributed by atoms with van der Waals surface area (Å²) in [4.78, 5) is 19.0. The van der Waals surface area contributed by atoms with Gasteiger partial charge in [0.25, 0.3) is 0 Å². The first-order chi connectivity index (χ1) is 7.66. The van der Waals surface area contributed by atoms with Gasteiger partial charge in [0.1, 0.15) is 5.82 Å². The summed E-state index contributed by atoms with van der Waals surface area (Å²) in [5.74, 6) is 0.417. The molecule has 82 valence electrons. The van der Waals surface area contributed by atoms with Crippen molar-refractivity contribution >= 4 is 11.7 Å². The van der Waals surface area contributed by atoms with Crippen LogP contribution < -0.4 is 5.32 Å². The van der Waals surface area contributed by atoms with E-state index in [1.165, 1.54) is 6.92 Å². The molecule has 0 aromatic carbocycles. The van der Waals surface area contributed by atoms with E-state index < -0.39 is 0 Å². The molecule has 0 atom stereocenters. The molecule has 0 saturated carbocycles. The Hall–Kier alpha value is -2.17. The SMILES string of the molecule is CC(=O)Nc1cc(-c2cncn2C)ccn1. The summed E-state index contributed by atoms with van der Waals surface area (Å²) in [6.45, 7) is 1.46. The zero-order chi connectivity index (χ0) is 11.5. The molecule has 1 N–H and O–H groups in total. The third-order valence-electron chi connectivity index (χ3n) is 2.18. The number of pyridine rings is 1. The van der Waals surface area contributed by atoms with Crippen molar-refractivity contribution in [1.29, 1.82) is 0 Å². The second-order valence-electron chi connectivity index (χ2n) is 3.50. The Kier molecular flexibility index (Phi) is 2.68. The van der Waals surface area contributed by atoms with E-state index in [1.807, 2.05) is 23.7 Å². The fourth-order valence-corrected chi connectivity index (χ4v) is 1.47. The van der Waals surface area contributed by atoms with Crippen LogP contribution in [0.3, 0.4) is 0 Å². The fraction of sp³-hybridized carbons (Fsp3) is 0.182. The van der Waals surface area contributed by atoms with Gasteiger partial charge in [-0.25, -0.2) is 9.97 Å². The summed E-state index contributed by atoms with van der Waals surface area (Å²) in [6, 6.07) is 3.70. The van der Waals surface area contributed by atoms with Gasteiger partial charge in [-0.2, -0.15) is 0 Å². The van der Waals surface area contributed by atoms with Crippen LogP contribution in [0.1, 0.15) is 6.92 Å². The molecule has 0 aliphatic carbocycles. The Morgan fingerprint density at radius 2 is 2.31 bits per heavy atom. The number of aromatic nitrogens is 3. The maximum absolute atomic E-state index is 10.9. The highest BCUT2D eigenvalue weighted by Gasteiger charge is 2.04. The Labute approximate surface area is 93.2 Å². The van der Waals surface area contributed by atoms with E-state index >= 15 is 0 Å². The summed E-state index contributed by atoms with van der Waals surface area (Å²) in [5.41, 5.74) is 1.95. The Balaban J connectivity index is 2.36. The number of hydrogen-bond acceptors (Lipinski definition) is 3. The molecule has 0 fully saturated rings. The van der Waals surface area contributed by atoms with Crippen molar-refractivity contribution in [2.24, 2.45) is 7.05 Å². The monoisotopic (exact) mass is 216 g/mol. The second kappa shape index (κ2) is 4.14. The molecule has 2 heterocycles. The zero-order valence-electron chi connectivity index (χ0n) is 9.14. The fourth-order valence-electron chi connectivity index (χ4n) is 1.47. The zero-order valence-corrected chi connectivity index (χ0v) is 9.14. The number of carbonyl (C=O) groups is 1. The number of aryl methyl sites for hydroxylation is 1. The van der Waals surface area contributed by atoms with Crippen molar-refractivity contribution in [3.8, 4) is 11.3 Å². The minimum absolute atomic E-state index is 0.130. The maximum atomic E-state index is 10.9. The number of hydrogen-bond donors (Lipinski definition) is 1. The molecule has 0 saturated heterocycles. The molecular weight excluding hydrogens is 204 g/mol. The van der Waals surface area contributed by atoms with Crippen molar-refractivity contribution in [3.63, 3.8) is 0 Å². The third kappa shape index (κ3) is 2.08. The van der Waals surface area contributed by atoms with Crippen LogP contribution in [0.2, 0.25) is 0 Å². The van der Waals surface area contributed by atoms with E-state index in [2.05, 4.69) is 15.3 Å². The highest BCUT2D eigenvalue weighted by atomic mass is 16.1. The number of nitrogens with one attached hydrogen (secondary N) is 1. The van der Waals surface area contributed by atoms with E-state index in [4.69, 9.17) is 0 Å². The van der Waals surface area contributed by atoms with E-state index in [9.17, 15) is 4.79 Å². The summed E-state index contributed by atoms with van der Waals surface area (Å²) in [7, 11) is 1.92. The Bertz CT molecular complexity index is 518. The van der Waals surface area contributed by atoms with Gasteiger partial charge in [-0.15, -0.1) is 0 Å². The van der Waals surface area contributed by atoms with Gasteiger partial charge in [-0.1, -0.05) is 0 Å². The van der Waals surface area contributed by atoms with Crippen LogP contribution in [0.4, 0.5) is 5.82 Å². The standard InChI is InChI=1S/C11H12N4O/c1-8(16)14-11-5-9(3-4-13-11)10-6-12-7-15(10)2/h3-7H,1-2H3,(H,13,14,16). The minimum Gasteiger partial charge on any atom is -0.334 e. The second-order valence-corrected chi connectivity index (χ2v) is 3.50. The van der Waals surface area contributed by atoms with Gasteiger partial charge in [0.2, 0.25) is 5.91 Å². The summed E-state index contributed by atoms with van der Waals surface area (Å²) < 4.78 is 1.91. The minimum atomic E-state index is -0.130. The van der Waals surface area contributed by atoms with Crippen LogP contribution in [0, 0.1) is 0 Å². The maximum Gasteiger partial charge on any atom is 0.222 e. The molecule has 0 unspecified atom stereocenters. The van der Waals surface area contributed by atoms with Gasteiger partial charge in [0.15, 0.2) is 0 Å². The molecule has 2 aromatic rings. The van der Waals surface area contributed by atoms with Crippen LogP contribution in [0.5, 0.6) is 0 Å². The van der Waals surface area contributed by atoms with Crippen LogP contribution in [0.25, 0.3) is 11.3 Å². The quantitative estimate of drug-likeness (QED) is 0.826. The highest BCUT2D eigenvalue weighted by Crippen LogP contribution is 2.19. The molecule has 2 rings (SSSR count). The molecule has 16 heavy (non-hydrogen) atoms. The van der Waals surface area contributed by atoms with Gasteiger partial charge in [-0.05, 0) is 12.1 Å². The first-order valence-corrected chi connectivity index (χ1v) is 4.87. The van der Waals surface area contributed by atoms with E-state index in [0.29, 0.717) is 5.82 Å². The topological polar surface area (TPSA) is 59.8 Å². The van der Waals surface area contributed by atoms with Gasteiger partial charge in [0, 0.05) is 25.7 Å². The predicted octanol–water partition coefficient (Wildman–Crippen LogP) is 1.44. The van der Waals surface area contributed by atoms with Crippen molar-refractivity contribution in [2.45, 2.75) is 6.92 Å². The molecule has 0 aliphatic rings. The predicted molar refractivity (Wildman–Crippen MR) is 60.7 cm³/mol. The lowest BCUT2D eigenvalue weighted by molar-refractivity contribution is -0.114. The summed E-state index contributed by atoms with van der Waals surface area (Å²) in [5, 5.41) is 2.65. The van der Waals surface area contributed by atoms with Crippen LogP contribution in [0.15, 0.2) is 30.9 Å². The first kappa shape index (κ1) is 10.4. The van der Waals surface area contributed by atoms with Crippen molar-refractivity contribution in [2.75, 3.05) is 5.32 Å². The molecule has 0 aliphatic heterocycles. The van der Waals surface area contributed by atoms with Gasteiger partial charge < -0.3 is 9.88 Å². The molecular formula is C11H12N4O. The van der Waals surface area contributed by atoms with Crippen molar-refractivity contribution in [3.05, 3.63) is 30.9 Å². The molecule has 0 radical (unpaired) electrons. The van der Waals surface area contributed by atoms with E-state index in [-0.39, 0.29) is 5.91 Å². The van der Waals surface area contributed by atoms with Crippen LogP contribution in [-0.2, 0) is 11.8 Å². The van der Waals surface area contributed by atoms with E-state index in [1.54, 1.807) is 18.7 Å². The van der Waals surface area contributed by atoms with Crippen molar-refractivity contribution < 1.29 is 4.79 Å². The molecule has 2 aromatic heterocycles. The largest absolute Gasteiger partial charge is 0.334 e. The van der Waals surface area contributed by atoms with Crippen molar-refractivity contribution in [1.82, 2.24) is 14.5 Å². The Morgan fingerprint density at radius 3 is 2.94 bits per heavy atom. The molecule has 1 amide bonds. The first-order valence-electron chi connectivity index (χ1n) is 4.87. The van der Waals surface area contributed by atoms with Crippen LogP contribution in [-0.4, -0.2) is 20.4 Å². The summed E-state index contributed by atoms with van der Waals surface area (Å²) in [6.07, 6.45) is 5.16. The number of amides is 1. The van der Waals surface area contributed by atoms with Gasteiger partial charge >= 0.3 is 0 Å². The number of rotatable bonds is 2. The molecule has 0 spiro atoms. The van der Waals surface area contributed by atoms with Crippen LogP contribution >= 0.6 is 0 Å². The molecule has 5 nitrogen and oxygen atoms in total. The average Bonchev–Trinajstić information content (AvgIpc) is 2.64. The average molecular weight is 216 g/mol. The van der Waals surface area contributed by atoms with Gasteiger partial charge in [0.05, 0.1) is 18.2 Å². The molecule has 0 bridgehead atoms. The molecule has 5 heteroatoms. The summed E-state index contributed by atoms with van der Waals surface area (Å²) >= 11 is 0. The highest BCUT2D eigenvalue weighted by molar-refractivity contribution is 5.88. The lowest BCUT2D eigenvalue weighted by Crippen LogP contribution is -2.07. The number of anilines is 1. The number of imidazole rings is 1. The third-order valence-corrected chi connectivity index (χ3v) is 2.18.